The molecule has 2 aromatic heterocycles. The fourth-order valence-corrected chi connectivity index (χ4v) is 4.09. The van der Waals surface area contributed by atoms with Crippen LogP contribution in [0.4, 0.5) is 17.6 Å². The van der Waals surface area contributed by atoms with Crippen LogP contribution in [0.25, 0.3) is 0 Å². The Hall–Kier alpha value is -3.76. The van der Waals surface area contributed by atoms with E-state index < -0.39 is 23.6 Å². The van der Waals surface area contributed by atoms with Crippen LogP contribution >= 0.6 is 0 Å². The molecule has 198 valence electrons. The maximum absolute atomic E-state index is 13.0. The number of methoxy groups -OCH3 is 1. The molecular formula is C26H27F4N3O4. The molecule has 0 bridgehead atoms. The first-order chi connectivity index (χ1) is 17.6. The molecule has 0 unspecified atom stereocenters. The second-order valence-electron chi connectivity index (χ2n) is 8.57. The zero-order chi connectivity index (χ0) is 27.0. The molecule has 0 amide bonds. The van der Waals surface area contributed by atoms with Crippen LogP contribution in [0.2, 0.25) is 0 Å². The Kier molecular flexibility index (Phi) is 9.37. The monoisotopic (exact) mass is 521 g/mol. The summed E-state index contributed by atoms with van der Waals surface area (Å²) in [5.74, 6) is -1.46. The topological polar surface area (TPSA) is 83.3 Å². The molecule has 1 aromatic carbocycles. The van der Waals surface area contributed by atoms with E-state index in [2.05, 4.69) is 14.8 Å². The lowest BCUT2D eigenvalue weighted by Gasteiger charge is -2.22. The summed E-state index contributed by atoms with van der Waals surface area (Å²) in [6, 6.07) is 10.3. The van der Waals surface area contributed by atoms with E-state index in [1.165, 1.54) is 37.6 Å². The molecule has 11 heteroatoms. The third-order valence-corrected chi connectivity index (χ3v) is 5.80. The van der Waals surface area contributed by atoms with Gasteiger partial charge in [-0.05, 0) is 61.6 Å². The Morgan fingerprint density at radius 2 is 1.84 bits per heavy atom. The lowest BCUT2D eigenvalue weighted by molar-refractivity contribution is -0.275. The van der Waals surface area contributed by atoms with Gasteiger partial charge >= 0.3 is 12.3 Å². The van der Waals surface area contributed by atoms with Gasteiger partial charge in [0, 0.05) is 11.8 Å². The van der Waals surface area contributed by atoms with Crippen molar-refractivity contribution in [2.45, 2.75) is 57.9 Å². The summed E-state index contributed by atoms with van der Waals surface area (Å²) >= 11 is 0. The van der Waals surface area contributed by atoms with Crippen LogP contribution in [-0.2, 0) is 11.3 Å². The highest BCUT2D eigenvalue weighted by Crippen LogP contribution is 2.31. The Morgan fingerprint density at radius 1 is 1.11 bits per heavy atom. The Labute approximate surface area is 211 Å². The van der Waals surface area contributed by atoms with Gasteiger partial charge in [0.15, 0.2) is 11.4 Å². The van der Waals surface area contributed by atoms with Gasteiger partial charge in [-0.25, -0.2) is 13.9 Å². The highest BCUT2D eigenvalue weighted by molar-refractivity contribution is 5.87. The molecule has 0 N–H and O–H groups in total. The van der Waals surface area contributed by atoms with Crippen LogP contribution in [0.15, 0.2) is 53.5 Å². The Bertz CT molecular complexity index is 1250. The number of aryl methyl sites for hydroxylation is 1. The number of nitrogens with zero attached hydrogens (tertiary/aromatic N) is 3. The average Bonchev–Trinajstić information content (AvgIpc) is 2.86. The largest absolute Gasteiger partial charge is 0.573 e. The second kappa shape index (κ2) is 12.5. The molecule has 7 nitrogen and oxygen atoms in total. The fourth-order valence-electron chi connectivity index (χ4n) is 4.09. The molecule has 1 aliphatic carbocycles. The van der Waals surface area contributed by atoms with Crippen molar-refractivity contribution in [2.75, 3.05) is 7.11 Å². The minimum absolute atomic E-state index is 0.0384. The zero-order valence-corrected chi connectivity index (χ0v) is 20.4. The Balaban J connectivity index is 0.000000405. The number of hydrogen-bond donors (Lipinski definition) is 0. The molecule has 0 radical (unpaired) electrons. The first kappa shape index (κ1) is 27.8. The minimum Gasteiger partial charge on any atom is -0.464 e. The van der Waals surface area contributed by atoms with Gasteiger partial charge in [-0.1, -0.05) is 31.4 Å². The average molecular weight is 522 g/mol. The van der Waals surface area contributed by atoms with Crippen LogP contribution < -0.4 is 10.3 Å². The van der Waals surface area contributed by atoms with Crippen molar-refractivity contribution in [3.63, 3.8) is 0 Å². The number of pyridine rings is 1. The van der Waals surface area contributed by atoms with E-state index >= 15 is 0 Å². The van der Waals surface area contributed by atoms with Crippen LogP contribution in [0.1, 0.15) is 65.3 Å². The molecule has 0 saturated heterocycles. The van der Waals surface area contributed by atoms with Gasteiger partial charge in [0.25, 0.3) is 5.56 Å². The van der Waals surface area contributed by atoms with Crippen LogP contribution in [0.5, 0.6) is 5.75 Å². The summed E-state index contributed by atoms with van der Waals surface area (Å²) in [6.45, 7) is 1.48. The number of benzene rings is 1. The number of carbonyl (C=O) groups excluding carboxylic acids is 1. The number of carbonyl (C=O) groups is 1. The van der Waals surface area contributed by atoms with Gasteiger partial charge in [-0.15, -0.1) is 13.2 Å². The maximum Gasteiger partial charge on any atom is 0.573 e. The number of esters is 1. The summed E-state index contributed by atoms with van der Waals surface area (Å²) in [5, 5.41) is 3.98. The van der Waals surface area contributed by atoms with Crippen LogP contribution in [0.3, 0.4) is 0 Å². The zero-order valence-electron chi connectivity index (χ0n) is 20.4. The van der Waals surface area contributed by atoms with Gasteiger partial charge in [0.1, 0.15) is 11.5 Å². The molecule has 1 saturated carbocycles. The highest BCUT2D eigenvalue weighted by atomic mass is 19.4. The van der Waals surface area contributed by atoms with E-state index in [9.17, 15) is 27.2 Å². The fraction of sp³-hybridized carbons (Fsp3) is 0.385. The van der Waals surface area contributed by atoms with Crippen LogP contribution in [0, 0.1) is 12.7 Å². The number of aromatic nitrogens is 3. The third-order valence-electron chi connectivity index (χ3n) is 5.80. The Morgan fingerprint density at radius 3 is 2.43 bits per heavy atom. The van der Waals surface area contributed by atoms with Crippen molar-refractivity contribution < 1.29 is 31.8 Å². The summed E-state index contributed by atoms with van der Waals surface area (Å²) in [6.07, 6.45) is 0.976. The van der Waals surface area contributed by atoms with Gasteiger partial charge in [0.2, 0.25) is 0 Å². The van der Waals surface area contributed by atoms with Crippen molar-refractivity contribution in [3.05, 3.63) is 87.3 Å². The lowest BCUT2D eigenvalue weighted by atomic mass is 9.84. The minimum atomic E-state index is -4.91. The molecule has 4 rings (SSSR count). The quantitative estimate of drug-likeness (QED) is 0.323. The van der Waals surface area contributed by atoms with Crippen molar-refractivity contribution in [1.29, 1.82) is 0 Å². The number of halogens is 4. The molecule has 0 spiro atoms. The molecule has 37 heavy (non-hydrogen) atoms. The van der Waals surface area contributed by atoms with Crippen molar-refractivity contribution in [1.82, 2.24) is 14.8 Å². The summed E-state index contributed by atoms with van der Waals surface area (Å²) in [4.78, 5) is 28.9. The molecule has 0 aliphatic heterocycles. The van der Waals surface area contributed by atoms with E-state index in [0.29, 0.717) is 5.56 Å². The predicted octanol–water partition coefficient (Wildman–Crippen LogP) is 5.55. The first-order valence-corrected chi connectivity index (χ1v) is 11.7. The summed E-state index contributed by atoms with van der Waals surface area (Å²) < 4.78 is 59.8. The lowest BCUT2D eigenvalue weighted by Crippen LogP contribution is -2.31. The number of alkyl halides is 3. The standard InChI is InChI=1S/C19H20F3N3O4.C7H7F/c1-28-18(27)14-10-13(12-6-3-2-4-7-12)17(26)25(24-14)11-15-16(8-5-9-23-15)29-19(20,21)22;1-6-3-2-4-7(8)5-6/h5,8-10,12H,2-4,6-7,11H2,1H3;2-5H,1H3. The second-order valence-corrected chi connectivity index (χ2v) is 8.57. The molecule has 1 fully saturated rings. The van der Waals surface area contributed by atoms with E-state index in [-0.39, 0.29) is 29.7 Å². The molecule has 2 heterocycles. The van der Waals surface area contributed by atoms with Crippen molar-refractivity contribution >= 4 is 5.97 Å². The summed E-state index contributed by atoms with van der Waals surface area (Å²) in [7, 11) is 1.19. The van der Waals surface area contributed by atoms with Crippen molar-refractivity contribution in [3.8, 4) is 5.75 Å². The van der Waals surface area contributed by atoms with E-state index in [0.717, 1.165) is 48.4 Å². The SMILES string of the molecule is COC(=O)c1cc(C2CCCCC2)c(=O)n(Cc2ncccc2OC(F)(F)F)n1.Cc1cccc(F)c1. The maximum atomic E-state index is 13.0. The van der Waals surface area contributed by atoms with Crippen molar-refractivity contribution in [2.24, 2.45) is 0 Å². The highest BCUT2D eigenvalue weighted by Gasteiger charge is 2.32. The van der Waals surface area contributed by atoms with E-state index in [1.807, 2.05) is 13.0 Å². The van der Waals surface area contributed by atoms with Gasteiger partial charge in [0.05, 0.1) is 13.7 Å². The smallest absolute Gasteiger partial charge is 0.464 e. The molecule has 0 atom stereocenters. The third kappa shape index (κ3) is 8.12. The number of ether oxygens (including phenoxy) is 2. The van der Waals surface area contributed by atoms with Gasteiger partial charge in [-0.2, -0.15) is 5.10 Å². The molecule has 1 aliphatic rings. The number of hydrogen-bond acceptors (Lipinski definition) is 6. The summed E-state index contributed by atoms with van der Waals surface area (Å²) in [5.41, 5.74) is 0.699. The van der Waals surface area contributed by atoms with E-state index in [1.54, 1.807) is 6.07 Å². The molecular weight excluding hydrogens is 494 g/mol. The van der Waals surface area contributed by atoms with Gasteiger partial charge < -0.3 is 9.47 Å². The normalized spacial score (nSPS) is 13.9. The van der Waals surface area contributed by atoms with Crippen LogP contribution in [-0.4, -0.2) is 34.2 Å². The predicted molar refractivity (Wildman–Crippen MR) is 127 cm³/mol. The first-order valence-electron chi connectivity index (χ1n) is 11.7. The molecule has 3 aromatic rings. The van der Waals surface area contributed by atoms with E-state index in [4.69, 9.17) is 4.74 Å². The number of rotatable bonds is 5. The van der Waals surface area contributed by atoms with Gasteiger partial charge in [-0.3, -0.25) is 9.78 Å².